The van der Waals surface area contributed by atoms with Crippen LogP contribution in [0.5, 0.6) is 0 Å². The Hall–Kier alpha value is -2.90. The van der Waals surface area contributed by atoms with E-state index >= 15 is 0 Å². The van der Waals surface area contributed by atoms with Crippen LogP contribution in [0.2, 0.25) is 5.02 Å². The van der Waals surface area contributed by atoms with E-state index in [9.17, 15) is 9.90 Å². The van der Waals surface area contributed by atoms with Gasteiger partial charge in [0.05, 0.1) is 22.3 Å². The monoisotopic (exact) mass is 466 g/mol. The van der Waals surface area contributed by atoms with E-state index in [-0.39, 0.29) is 6.42 Å². The van der Waals surface area contributed by atoms with Gasteiger partial charge < -0.3 is 10.0 Å². The smallest absolute Gasteiger partial charge is 0.307 e. The molecule has 0 atom stereocenters. The predicted molar refractivity (Wildman–Crippen MR) is 129 cm³/mol. The maximum atomic E-state index is 11.6. The number of anilines is 1. The highest BCUT2D eigenvalue weighted by molar-refractivity contribution is 7.22. The molecule has 2 aromatic carbocycles. The number of rotatable bonds is 4. The standard InChI is InChI=1S/C24H23ClN4O2S/c1-13-10-19-23(22(17(13)11-21(30)31)15-4-6-16(25)7-5-15)32-24(26-19)29-9-8-20-18(12-29)14(2)27-28(20)3/h4-7,10H,8-9,11-12H2,1-3H3,(H,30,31). The molecule has 4 aromatic rings. The molecule has 2 aromatic heterocycles. The summed E-state index contributed by atoms with van der Waals surface area (Å²) in [5.41, 5.74) is 8.19. The Kier molecular flexibility index (Phi) is 5.18. The topological polar surface area (TPSA) is 71.2 Å². The molecule has 6 nitrogen and oxygen atoms in total. The summed E-state index contributed by atoms with van der Waals surface area (Å²) in [5.74, 6) is -0.844. The minimum Gasteiger partial charge on any atom is -0.481 e. The van der Waals surface area contributed by atoms with Crippen LogP contribution in [-0.2, 0) is 31.2 Å². The molecule has 1 N–H and O–H groups in total. The van der Waals surface area contributed by atoms with Gasteiger partial charge >= 0.3 is 5.97 Å². The van der Waals surface area contributed by atoms with Gasteiger partial charge in [0.1, 0.15) is 0 Å². The Morgan fingerprint density at radius 3 is 2.72 bits per heavy atom. The lowest BCUT2D eigenvalue weighted by molar-refractivity contribution is -0.136. The summed E-state index contributed by atoms with van der Waals surface area (Å²) in [6.45, 7) is 5.68. The molecule has 1 aliphatic rings. The number of nitrogens with zero attached hydrogens (tertiary/aromatic N) is 4. The largest absolute Gasteiger partial charge is 0.481 e. The molecule has 0 saturated carbocycles. The Balaban J connectivity index is 1.65. The lowest BCUT2D eigenvalue weighted by Gasteiger charge is -2.27. The van der Waals surface area contributed by atoms with Crippen molar-refractivity contribution in [3.8, 4) is 11.1 Å². The second kappa shape index (κ2) is 7.90. The molecule has 0 bridgehead atoms. The van der Waals surface area contributed by atoms with Crippen molar-refractivity contribution in [2.24, 2.45) is 7.05 Å². The quantitative estimate of drug-likeness (QED) is 0.450. The Morgan fingerprint density at radius 2 is 2.00 bits per heavy atom. The summed E-state index contributed by atoms with van der Waals surface area (Å²) in [6, 6.07) is 9.60. The third-order valence-corrected chi connectivity index (χ3v) is 7.58. The summed E-state index contributed by atoms with van der Waals surface area (Å²) < 4.78 is 3.00. The second-order valence-corrected chi connectivity index (χ2v) is 9.69. The van der Waals surface area contributed by atoms with Gasteiger partial charge in [0.15, 0.2) is 5.13 Å². The van der Waals surface area contributed by atoms with Gasteiger partial charge in [-0.25, -0.2) is 4.98 Å². The first kappa shape index (κ1) is 21.0. The van der Waals surface area contributed by atoms with Crippen LogP contribution in [0, 0.1) is 13.8 Å². The lowest BCUT2D eigenvalue weighted by atomic mass is 9.93. The molecule has 0 spiro atoms. The Morgan fingerprint density at radius 1 is 1.25 bits per heavy atom. The van der Waals surface area contributed by atoms with Crippen molar-refractivity contribution >= 4 is 44.3 Å². The zero-order valence-corrected chi connectivity index (χ0v) is 19.7. The van der Waals surface area contributed by atoms with Crippen molar-refractivity contribution < 1.29 is 9.90 Å². The first-order chi connectivity index (χ1) is 15.3. The van der Waals surface area contributed by atoms with E-state index in [1.807, 2.05) is 49.0 Å². The van der Waals surface area contributed by atoms with Crippen molar-refractivity contribution in [3.63, 3.8) is 0 Å². The molecule has 164 valence electrons. The molecule has 0 radical (unpaired) electrons. The second-order valence-electron chi connectivity index (χ2n) is 8.27. The summed E-state index contributed by atoms with van der Waals surface area (Å²) in [4.78, 5) is 18.9. The third kappa shape index (κ3) is 3.55. The van der Waals surface area contributed by atoms with Crippen molar-refractivity contribution in [2.75, 3.05) is 11.4 Å². The van der Waals surface area contributed by atoms with E-state index < -0.39 is 5.97 Å². The van der Waals surface area contributed by atoms with E-state index in [1.54, 1.807) is 11.3 Å². The summed E-state index contributed by atoms with van der Waals surface area (Å²) >= 11 is 7.75. The Labute approximate surface area is 195 Å². The van der Waals surface area contributed by atoms with Gasteiger partial charge in [-0.1, -0.05) is 35.1 Å². The molecule has 3 heterocycles. The highest BCUT2D eigenvalue weighted by Crippen LogP contribution is 2.41. The molecule has 0 aliphatic carbocycles. The van der Waals surface area contributed by atoms with Gasteiger partial charge in [0.25, 0.3) is 0 Å². The van der Waals surface area contributed by atoms with Crippen molar-refractivity contribution in [2.45, 2.75) is 33.2 Å². The fraction of sp³-hybridized carbons (Fsp3) is 0.292. The number of aryl methyl sites for hydroxylation is 3. The van der Waals surface area contributed by atoms with E-state index in [2.05, 4.69) is 16.9 Å². The molecule has 0 amide bonds. The van der Waals surface area contributed by atoms with Crippen LogP contribution >= 0.6 is 22.9 Å². The normalized spacial score (nSPS) is 13.6. The maximum Gasteiger partial charge on any atom is 0.307 e. The first-order valence-corrected chi connectivity index (χ1v) is 11.7. The highest BCUT2D eigenvalue weighted by Gasteiger charge is 2.26. The van der Waals surface area contributed by atoms with Gasteiger partial charge in [-0.05, 0) is 48.7 Å². The van der Waals surface area contributed by atoms with Crippen molar-refractivity contribution in [1.82, 2.24) is 14.8 Å². The average molecular weight is 467 g/mol. The van der Waals surface area contributed by atoms with Gasteiger partial charge in [-0.2, -0.15) is 5.10 Å². The van der Waals surface area contributed by atoms with Crippen LogP contribution in [-0.4, -0.2) is 32.4 Å². The molecule has 32 heavy (non-hydrogen) atoms. The molecule has 8 heteroatoms. The zero-order valence-electron chi connectivity index (χ0n) is 18.1. The number of halogens is 1. The average Bonchev–Trinajstić information content (AvgIpc) is 3.29. The Bertz CT molecular complexity index is 1360. The van der Waals surface area contributed by atoms with Crippen molar-refractivity contribution in [3.05, 3.63) is 63.4 Å². The summed E-state index contributed by atoms with van der Waals surface area (Å²) in [7, 11) is 2.00. The summed E-state index contributed by atoms with van der Waals surface area (Å²) in [5, 5.41) is 15.7. The fourth-order valence-corrected chi connectivity index (χ4v) is 5.89. The van der Waals surface area contributed by atoms with Crippen LogP contribution in [0.3, 0.4) is 0 Å². The van der Waals surface area contributed by atoms with E-state index in [0.717, 1.165) is 62.8 Å². The van der Waals surface area contributed by atoms with Crippen LogP contribution in [0.1, 0.15) is 28.1 Å². The maximum absolute atomic E-state index is 11.6. The third-order valence-electron chi connectivity index (χ3n) is 6.17. The van der Waals surface area contributed by atoms with Crippen LogP contribution in [0.25, 0.3) is 21.3 Å². The molecular formula is C24H23ClN4O2S. The number of carbonyl (C=O) groups is 1. The number of aromatic nitrogens is 3. The number of carboxylic acid groups (broad SMARTS) is 1. The van der Waals surface area contributed by atoms with E-state index in [4.69, 9.17) is 16.6 Å². The number of aliphatic carboxylic acids is 1. The lowest BCUT2D eigenvalue weighted by Crippen LogP contribution is -2.30. The molecule has 0 unspecified atom stereocenters. The number of benzene rings is 2. The van der Waals surface area contributed by atoms with Gasteiger partial charge in [0, 0.05) is 48.4 Å². The van der Waals surface area contributed by atoms with E-state index in [0.29, 0.717) is 5.02 Å². The molecule has 0 fully saturated rings. The number of carboxylic acids is 1. The molecule has 1 aliphatic heterocycles. The summed E-state index contributed by atoms with van der Waals surface area (Å²) in [6.07, 6.45) is 0.894. The van der Waals surface area contributed by atoms with Gasteiger partial charge in [0.2, 0.25) is 0 Å². The molecule has 0 saturated heterocycles. The van der Waals surface area contributed by atoms with Crippen LogP contribution in [0.15, 0.2) is 30.3 Å². The minimum absolute atomic E-state index is 0.0328. The van der Waals surface area contributed by atoms with Crippen LogP contribution in [0.4, 0.5) is 5.13 Å². The predicted octanol–water partition coefficient (Wildman–Crippen LogP) is 5.16. The first-order valence-electron chi connectivity index (χ1n) is 10.5. The molecule has 5 rings (SSSR count). The zero-order chi connectivity index (χ0) is 22.6. The minimum atomic E-state index is -0.844. The van der Waals surface area contributed by atoms with E-state index in [1.165, 1.54) is 11.3 Å². The van der Waals surface area contributed by atoms with Gasteiger partial charge in [-0.15, -0.1) is 0 Å². The number of fused-ring (bicyclic) bond motifs is 2. The highest BCUT2D eigenvalue weighted by atomic mass is 35.5. The fourth-order valence-electron chi connectivity index (χ4n) is 4.60. The number of hydrogen-bond acceptors (Lipinski definition) is 5. The van der Waals surface area contributed by atoms with Crippen molar-refractivity contribution in [1.29, 1.82) is 0 Å². The molecular weight excluding hydrogens is 444 g/mol. The van der Waals surface area contributed by atoms with Crippen LogP contribution < -0.4 is 4.90 Å². The number of hydrogen-bond donors (Lipinski definition) is 1. The SMILES string of the molecule is Cc1cc2nc(N3CCc4c(c(C)nn4C)C3)sc2c(-c2ccc(Cl)cc2)c1CC(=O)O. The number of thiazole rings is 1. The van der Waals surface area contributed by atoms with Gasteiger partial charge in [-0.3, -0.25) is 9.48 Å².